The summed E-state index contributed by atoms with van der Waals surface area (Å²) in [4.78, 5) is 38.8. The second kappa shape index (κ2) is 21.2. The van der Waals surface area contributed by atoms with Crippen molar-refractivity contribution in [2.45, 2.75) is 57.7 Å². The predicted octanol–water partition coefficient (Wildman–Crippen LogP) is 5.42. The van der Waals surface area contributed by atoms with Crippen molar-refractivity contribution >= 4 is 29.4 Å². The Labute approximate surface area is 301 Å². The Balaban J connectivity index is 0.000000557. The van der Waals surface area contributed by atoms with Crippen LogP contribution in [0.3, 0.4) is 0 Å². The number of likely N-dealkylation sites (N-methyl/N-ethyl adjacent to an activating group) is 1. The van der Waals surface area contributed by atoms with Crippen molar-refractivity contribution in [2.75, 3.05) is 41.4 Å². The van der Waals surface area contributed by atoms with E-state index in [1.807, 2.05) is 81.6 Å². The van der Waals surface area contributed by atoms with Gasteiger partial charge >= 0.3 is 0 Å². The van der Waals surface area contributed by atoms with Crippen LogP contribution in [-0.2, 0) is 27.4 Å². The zero-order chi connectivity index (χ0) is 37.2. The van der Waals surface area contributed by atoms with Crippen LogP contribution in [0.15, 0.2) is 79.0 Å². The Morgan fingerprint density at radius 3 is 2.41 bits per heavy atom. The summed E-state index contributed by atoms with van der Waals surface area (Å²) in [5, 5.41) is 6.81. The molecule has 4 aromatic rings. The van der Waals surface area contributed by atoms with Gasteiger partial charge in [-0.15, -0.1) is 0 Å². The van der Waals surface area contributed by atoms with E-state index in [4.69, 9.17) is 19.9 Å². The molecule has 0 fully saturated rings. The molecule has 11 heteroatoms. The molecule has 0 radical (unpaired) electrons. The van der Waals surface area contributed by atoms with E-state index in [1.54, 1.807) is 6.07 Å². The normalized spacial score (nSPS) is 12.2. The quantitative estimate of drug-likeness (QED) is 0.113. The van der Waals surface area contributed by atoms with Gasteiger partial charge < -0.3 is 45.3 Å². The van der Waals surface area contributed by atoms with Gasteiger partial charge in [0.1, 0.15) is 36.7 Å². The summed E-state index contributed by atoms with van der Waals surface area (Å²) in [7, 11) is 7.60. The number of hydrogen-bond acceptors (Lipinski definition) is 9. The number of nitrogens with two attached hydrogens (primary N) is 1. The van der Waals surface area contributed by atoms with Gasteiger partial charge in [-0.3, -0.25) is 9.59 Å². The molecular weight excluding hydrogens is 646 g/mol. The van der Waals surface area contributed by atoms with Crippen molar-refractivity contribution in [1.29, 1.82) is 0 Å². The number of carbonyl (C=O) groups excluding carboxylic acids is 3. The van der Waals surface area contributed by atoms with Gasteiger partial charge in [0.05, 0.1) is 17.8 Å². The fourth-order valence-corrected chi connectivity index (χ4v) is 5.38. The highest BCUT2D eigenvalue weighted by molar-refractivity contribution is 5.93. The Bertz CT molecular complexity index is 1700. The topological polar surface area (TPSA) is 148 Å². The van der Waals surface area contributed by atoms with Crippen molar-refractivity contribution in [2.24, 2.45) is 5.73 Å². The maximum atomic E-state index is 12.9. The van der Waals surface area contributed by atoms with Crippen LogP contribution in [0.25, 0.3) is 22.2 Å². The molecule has 0 spiro atoms. The highest BCUT2D eigenvalue weighted by atomic mass is 16.5. The Hall–Kier alpha value is -5.13. The van der Waals surface area contributed by atoms with E-state index in [1.165, 1.54) is 5.56 Å². The van der Waals surface area contributed by atoms with Gasteiger partial charge in [-0.2, -0.15) is 0 Å². The van der Waals surface area contributed by atoms with E-state index in [-0.39, 0.29) is 31.2 Å². The maximum absolute atomic E-state index is 12.9. The second-order valence-electron chi connectivity index (χ2n) is 12.4. The zero-order valence-electron chi connectivity index (χ0n) is 30.5. The van der Waals surface area contributed by atoms with E-state index in [0.29, 0.717) is 30.1 Å². The number of aromatic amines is 1. The number of hydrogen-bond donors (Lipinski definition) is 4. The molecule has 2 unspecified atom stereocenters. The molecule has 1 aliphatic heterocycles. The molecule has 0 bridgehead atoms. The molecule has 11 nitrogen and oxygen atoms in total. The van der Waals surface area contributed by atoms with Crippen LogP contribution >= 0.6 is 0 Å². The van der Waals surface area contributed by atoms with Crippen molar-refractivity contribution < 1.29 is 28.6 Å². The molecule has 1 aliphatic rings. The fraction of sp³-hybridized carbons (Fsp3) is 0.375. The van der Waals surface area contributed by atoms with Crippen molar-refractivity contribution in [3.8, 4) is 28.5 Å². The van der Waals surface area contributed by atoms with Crippen molar-refractivity contribution in [3.05, 3.63) is 90.1 Å². The minimum absolute atomic E-state index is 0.00400. The number of ether oxygens (including phenoxy) is 3. The van der Waals surface area contributed by atoms with Crippen LogP contribution in [0.5, 0.6) is 17.2 Å². The second-order valence-corrected chi connectivity index (χ2v) is 12.4. The van der Waals surface area contributed by atoms with E-state index >= 15 is 0 Å². The fourth-order valence-electron chi connectivity index (χ4n) is 5.38. The average molecular weight is 700 g/mol. The number of unbranched alkanes of at least 4 members (excludes halogenated alkanes) is 1. The van der Waals surface area contributed by atoms with Crippen molar-refractivity contribution in [1.82, 2.24) is 20.5 Å². The largest absolute Gasteiger partial charge is 0.488 e. The zero-order valence-corrected chi connectivity index (χ0v) is 30.5. The highest BCUT2D eigenvalue weighted by Crippen LogP contribution is 2.42. The summed E-state index contributed by atoms with van der Waals surface area (Å²) in [6.07, 6.45) is 6.08. The first-order valence-corrected chi connectivity index (χ1v) is 17.2. The Kier molecular flexibility index (Phi) is 16.7. The third kappa shape index (κ3) is 12.3. The lowest BCUT2D eigenvalue weighted by Gasteiger charge is -2.26. The summed E-state index contributed by atoms with van der Waals surface area (Å²) in [5.74, 6) is 1.66. The number of H-pyrrole nitrogens is 1. The van der Waals surface area contributed by atoms with Crippen LogP contribution in [-0.4, -0.2) is 81.9 Å². The maximum Gasteiger partial charge on any atom is 0.258 e. The smallest absolute Gasteiger partial charge is 0.258 e. The van der Waals surface area contributed by atoms with E-state index < -0.39 is 0 Å². The molecule has 0 aliphatic carbocycles. The number of aryl methyl sites for hydroxylation is 1. The summed E-state index contributed by atoms with van der Waals surface area (Å²) in [5.41, 5.74) is 11.2. The van der Waals surface area contributed by atoms with Gasteiger partial charge in [0.2, 0.25) is 0 Å². The molecule has 5 rings (SSSR count). The molecule has 274 valence electrons. The molecular formula is C40H53N5O6. The number of aromatic nitrogens is 1. The van der Waals surface area contributed by atoms with Crippen LogP contribution < -0.4 is 30.6 Å². The lowest BCUT2D eigenvalue weighted by atomic mass is 10.0. The van der Waals surface area contributed by atoms with Gasteiger partial charge in [0.25, 0.3) is 5.91 Å². The third-order valence-electron chi connectivity index (χ3n) is 8.10. The first-order chi connectivity index (χ1) is 24.6. The SMILES string of the molecule is C=C(C(CCc1ccccc1)NC(=O)COc1ccc2[nH]c3c(c2c1)COc1cc(OCC=O)ccc1-3)N(C)C.CCCCC(N)C=O.CNC. The number of carbonyl (C=O) groups is 3. The van der Waals surface area contributed by atoms with E-state index in [2.05, 4.69) is 41.3 Å². The van der Waals surface area contributed by atoms with Gasteiger partial charge in [0, 0.05) is 47.9 Å². The molecule has 5 N–H and O–H groups in total. The lowest BCUT2D eigenvalue weighted by Crippen LogP contribution is -2.42. The number of nitrogens with zero attached hydrogens (tertiary/aromatic N) is 1. The average Bonchev–Trinajstić information content (AvgIpc) is 3.52. The minimum Gasteiger partial charge on any atom is -0.488 e. The molecule has 1 amide bonds. The summed E-state index contributed by atoms with van der Waals surface area (Å²) in [6.45, 7) is 6.52. The predicted molar refractivity (Wildman–Crippen MR) is 203 cm³/mol. The van der Waals surface area contributed by atoms with Crippen molar-refractivity contribution in [3.63, 3.8) is 0 Å². The number of rotatable bonds is 16. The standard InChI is InChI=1S/C32H33N3O5.C6H13NO.C2H7N/c1-21(35(2)3)28(13-9-22-7-5-4-6-8-22)33-31(37)20-39-23-11-14-29-26(17-23)27-19-40-30-18-24(38-16-15-36)10-12-25(30)32(27)34-29;1-2-3-4-6(7)5-8;1-3-2/h4-8,10-12,14-15,17-18,28,34H,1,9,13,16,19-20H2,2-3H3,(H,33,37);5-6H,2-4,7H2,1H3;3H,1-2H3. The minimum atomic E-state index is -0.227. The lowest BCUT2D eigenvalue weighted by molar-refractivity contribution is -0.123. The van der Waals surface area contributed by atoms with Crippen LogP contribution in [0, 0.1) is 0 Å². The number of fused-ring (bicyclic) bond motifs is 5. The summed E-state index contributed by atoms with van der Waals surface area (Å²) in [6, 6.07) is 21.0. The molecule has 2 atom stereocenters. The summed E-state index contributed by atoms with van der Waals surface area (Å²) < 4.78 is 17.3. The molecule has 0 saturated heterocycles. The van der Waals surface area contributed by atoms with Crippen LogP contribution in [0.4, 0.5) is 0 Å². The highest BCUT2D eigenvalue weighted by Gasteiger charge is 2.23. The number of benzene rings is 3. The van der Waals surface area contributed by atoms with Gasteiger partial charge in [0.15, 0.2) is 12.9 Å². The monoisotopic (exact) mass is 699 g/mol. The third-order valence-corrected chi connectivity index (χ3v) is 8.10. The molecule has 2 heterocycles. The van der Waals surface area contributed by atoms with Crippen LogP contribution in [0.1, 0.15) is 43.7 Å². The van der Waals surface area contributed by atoms with Gasteiger partial charge in [-0.25, -0.2) is 0 Å². The van der Waals surface area contributed by atoms with E-state index in [9.17, 15) is 14.4 Å². The molecule has 1 aromatic heterocycles. The number of amides is 1. The number of aldehydes is 2. The molecule has 3 aromatic carbocycles. The number of nitrogens with one attached hydrogen (secondary N) is 3. The van der Waals surface area contributed by atoms with Gasteiger partial charge in [-0.1, -0.05) is 56.7 Å². The summed E-state index contributed by atoms with van der Waals surface area (Å²) >= 11 is 0. The van der Waals surface area contributed by atoms with E-state index in [0.717, 1.165) is 71.8 Å². The first kappa shape index (κ1) is 40.3. The Morgan fingerprint density at radius 1 is 1.04 bits per heavy atom. The molecule has 0 saturated carbocycles. The van der Waals surface area contributed by atoms with Crippen LogP contribution in [0.2, 0.25) is 0 Å². The molecule has 51 heavy (non-hydrogen) atoms. The van der Waals surface area contributed by atoms with Gasteiger partial charge in [-0.05, 0) is 69.3 Å². The Morgan fingerprint density at radius 2 is 1.75 bits per heavy atom. The first-order valence-electron chi connectivity index (χ1n) is 17.2.